The summed E-state index contributed by atoms with van der Waals surface area (Å²) in [5.41, 5.74) is 1.47. The lowest BCUT2D eigenvalue weighted by Crippen LogP contribution is -2.27. The first-order valence-electron chi connectivity index (χ1n) is 7.56. The molecule has 1 saturated carbocycles. The van der Waals surface area contributed by atoms with Crippen LogP contribution >= 0.6 is 0 Å². The monoisotopic (exact) mass is 287 g/mol. The van der Waals surface area contributed by atoms with Crippen LogP contribution in [0.1, 0.15) is 19.8 Å². The Balaban J connectivity index is 1.62. The Hall–Kier alpha value is -1.88. The lowest BCUT2D eigenvalue weighted by Gasteiger charge is -2.15. The fourth-order valence-electron chi connectivity index (χ4n) is 2.66. The summed E-state index contributed by atoms with van der Waals surface area (Å²) < 4.78 is 0. The second kappa shape index (κ2) is 5.85. The van der Waals surface area contributed by atoms with Crippen LogP contribution in [0.4, 0.5) is 11.4 Å². The second-order valence-corrected chi connectivity index (χ2v) is 6.08. The molecule has 21 heavy (non-hydrogen) atoms. The first-order chi connectivity index (χ1) is 10.1. The van der Waals surface area contributed by atoms with Crippen LogP contribution in [0.5, 0.6) is 0 Å². The zero-order valence-electron chi connectivity index (χ0n) is 12.2. The molecule has 5 heteroatoms. The Morgan fingerprint density at radius 3 is 2.33 bits per heavy atom. The van der Waals surface area contributed by atoms with Crippen molar-refractivity contribution in [3.05, 3.63) is 24.3 Å². The van der Waals surface area contributed by atoms with E-state index in [1.54, 1.807) is 0 Å². The minimum atomic E-state index is 0.00899. The van der Waals surface area contributed by atoms with Gasteiger partial charge in [0, 0.05) is 23.8 Å². The molecule has 2 unspecified atom stereocenters. The molecule has 1 aromatic carbocycles. The van der Waals surface area contributed by atoms with Gasteiger partial charge < -0.3 is 16.0 Å². The summed E-state index contributed by atoms with van der Waals surface area (Å²) in [5.74, 6) is 0.649. The third-order valence-corrected chi connectivity index (χ3v) is 4.20. The minimum Gasteiger partial charge on any atom is -0.326 e. The van der Waals surface area contributed by atoms with Crippen molar-refractivity contribution in [3.63, 3.8) is 0 Å². The van der Waals surface area contributed by atoms with Crippen molar-refractivity contribution in [1.29, 1.82) is 0 Å². The lowest BCUT2D eigenvalue weighted by atomic mass is 9.97. The van der Waals surface area contributed by atoms with Crippen molar-refractivity contribution in [2.24, 2.45) is 17.8 Å². The van der Waals surface area contributed by atoms with Gasteiger partial charge in [0.15, 0.2) is 0 Å². The van der Waals surface area contributed by atoms with Crippen molar-refractivity contribution < 1.29 is 9.59 Å². The maximum Gasteiger partial charge on any atom is 0.229 e. The summed E-state index contributed by atoms with van der Waals surface area (Å²) in [6, 6.07) is 7.34. The van der Waals surface area contributed by atoms with Crippen LogP contribution in [0.3, 0.4) is 0 Å². The van der Waals surface area contributed by atoms with Crippen LogP contribution in [0.2, 0.25) is 0 Å². The van der Waals surface area contributed by atoms with E-state index in [0.29, 0.717) is 5.92 Å². The van der Waals surface area contributed by atoms with Crippen molar-refractivity contribution in [2.45, 2.75) is 19.8 Å². The fraction of sp³-hybridized carbons (Fsp3) is 0.500. The normalized spacial score (nSPS) is 24.6. The van der Waals surface area contributed by atoms with Crippen molar-refractivity contribution in [2.75, 3.05) is 23.7 Å². The molecule has 112 valence electrons. The molecule has 1 aliphatic heterocycles. The average molecular weight is 287 g/mol. The molecule has 1 aliphatic carbocycles. The van der Waals surface area contributed by atoms with Gasteiger partial charge >= 0.3 is 0 Å². The van der Waals surface area contributed by atoms with Gasteiger partial charge in [0.05, 0.1) is 5.92 Å². The molecule has 1 heterocycles. The van der Waals surface area contributed by atoms with E-state index in [4.69, 9.17) is 0 Å². The molecule has 3 rings (SSSR count). The summed E-state index contributed by atoms with van der Waals surface area (Å²) >= 11 is 0. The molecule has 0 aromatic heterocycles. The molecule has 2 amide bonds. The molecule has 1 aromatic rings. The summed E-state index contributed by atoms with van der Waals surface area (Å²) in [6.07, 6.45) is 1.96. The van der Waals surface area contributed by atoms with Gasteiger partial charge in [0.2, 0.25) is 11.8 Å². The highest BCUT2D eigenvalue weighted by atomic mass is 16.2. The van der Waals surface area contributed by atoms with E-state index < -0.39 is 0 Å². The molecule has 0 bridgehead atoms. The number of hydrogen-bond donors (Lipinski definition) is 3. The van der Waals surface area contributed by atoms with Crippen LogP contribution in [0.25, 0.3) is 0 Å². The summed E-state index contributed by atoms with van der Waals surface area (Å²) in [5, 5.41) is 9.06. The van der Waals surface area contributed by atoms with Gasteiger partial charge in [0.25, 0.3) is 0 Å². The van der Waals surface area contributed by atoms with Gasteiger partial charge in [-0.2, -0.15) is 0 Å². The van der Waals surface area contributed by atoms with Crippen LogP contribution in [0, 0.1) is 17.8 Å². The van der Waals surface area contributed by atoms with Crippen LogP contribution < -0.4 is 16.0 Å². The smallest absolute Gasteiger partial charge is 0.229 e. The number of anilines is 2. The Bertz CT molecular complexity index is 554. The SMILES string of the molecule is CC1CNCC1C(=O)Nc1cccc(NC(=O)C2CC2)c1. The third-order valence-electron chi connectivity index (χ3n) is 4.20. The van der Waals surface area contributed by atoms with Crippen LogP contribution in [-0.2, 0) is 9.59 Å². The number of amides is 2. The molecular weight excluding hydrogens is 266 g/mol. The van der Waals surface area contributed by atoms with E-state index in [9.17, 15) is 9.59 Å². The van der Waals surface area contributed by atoms with E-state index in [-0.39, 0.29) is 23.7 Å². The largest absolute Gasteiger partial charge is 0.326 e. The molecule has 5 nitrogen and oxygen atoms in total. The summed E-state index contributed by atoms with van der Waals surface area (Å²) in [7, 11) is 0. The lowest BCUT2D eigenvalue weighted by molar-refractivity contribution is -0.120. The van der Waals surface area contributed by atoms with Crippen molar-refractivity contribution in [1.82, 2.24) is 5.32 Å². The topological polar surface area (TPSA) is 70.2 Å². The van der Waals surface area contributed by atoms with Gasteiger partial charge in [-0.25, -0.2) is 0 Å². The van der Waals surface area contributed by atoms with E-state index >= 15 is 0 Å². The van der Waals surface area contributed by atoms with Gasteiger partial charge in [-0.3, -0.25) is 9.59 Å². The van der Waals surface area contributed by atoms with Crippen molar-refractivity contribution in [3.8, 4) is 0 Å². The van der Waals surface area contributed by atoms with E-state index in [0.717, 1.165) is 37.3 Å². The van der Waals surface area contributed by atoms with E-state index in [1.807, 2.05) is 24.3 Å². The fourth-order valence-corrected chi connectivity index (χ4v) is 2.66. The third kappa shape index (κ3) is 3.42. The van der Waals surface area contributed by atoms with Crippen LogP contribution in [-0.4, -0.2) is 24.9 Å². The minimum absolute atomic E-state index is 0.00899. The van der Waals surface area contributed by atoms with E-state index in [2.05, 4.69) is 22.9 Å². The molecule has 0 radical (unpaired) electrons. The van der Waals surface area contributed by atoms with Crippen LogP contribution in [0.15, 0.2) is 24.3 Å². The molecular formula is C16H21N3O2. The van der Waals surface area contributed by atoms with Gasteiger partial charge in [0.1, 0.15) is 0 Å². The van der Waals surface area contributed by atoms with E-state index in [1.165, 1.54) is 0 Å². The highest BCUT2D eigenvalue weighted by Gasteiger charge is 2.30. The summed E-state index contributed by atoms with van der Waals surface area (Å²) in [6.45, 7) is 3.69. The Morgan fingerprint density at radius 2 is 1.76 bits per heavy atom. The predicted octanol–water partition coefficient (Wildman–Crippen LogP) is 1.83. The highest BCUT2D eigenvalue weighted by Crippen LogP contribution is 2.30. The van der Waals surface area contributed by atoms with Gasteiger partial charge in [-0.15, -0.1) is 0 Å². The number of hydrogen-bond acceptors (Lipinski definition) is 3. The number of nitrogens with one attached hydrogen (secondary N) is 3. The summed E-state index contributed by atoms with van der Waals surface area (Å²) in [4.78, 5) is 24.0. The zero-order valence-corrected chi connectivity index (χ0v) is 12.2. The predicted molar refractivity (Wildman–Crippen MR) is 81.9 cm³/mol. The molecule has 0 spiro atoms. The molecule has 2 fully saturated rings. The number of carbonyl (C=O) groups excluding carboxylic acids is 2. The highest BCUT2D eigenvalue weighted by molar-refractivity contribution is 5.96. The second-order valence-electron chi connectivity index (χ2n) is 6.08. The number of carbonyl (C=O) groups is 2. The Labute approximate surface area is 124 Å². The zero-order chi connectivity index (χ0) is 14.8. The van der Waals surface area contributed by atoms with Gasteiger partial charge in [-0.05, 0) is 43.5 Å². The Morgan fingerprint density at radius 1 is 1.10 bits per heavy atom. The number of rotatable bonds is 4. The molecule has 2 aliphatic rings. The van der Waals surface area contributed by atoms with Crippen molar-refractivity contribution >= 4 is 23.2 Å². The Kier molecular flexibility index (Phi) is 3.92. The molecule has 2 atom stereocenters. The quantitative estimate of drug-likeness (QED) is 0.791. The maximum atomic E-state index is 12.2. The first-order valence-corrected chi connectivity index (χ1v) is 7.56. The standard InChI is InChI=1S/C16H21N3O2/c1-10-8-17-9-14(10)16(21)19-13-4-2-3-12(7-13)18-15(20)11-5-6-11/h2-4,7,10-11,14,17H,5-6,8-9H2,1H3,(H,18,20)(H,19,21). The molecule has 3 N–H and O–H groups in total. The molecule has 1 saturated heterocycles. The van der Waals surface area contributed by atoms with Gasteiger partial charge in [-0.1, -0.05) is 13.0 Å². The first kappa shape index (κ1) is 14.1. The maximum absolute atomic E-state index is 12.2. The number of benzene rings is 1. The average Bonchev–Trinajstić information content (AvgIpc) is 3.21.